The average molecular weight is 442 g/mol. The van der Waals surface area contributed by atoms with E-state index in [1.165, 1.54) is 22.8 Å². The molecule has 0 saturated carbocycles. The van der Waals surface area contributed by atoms with Crippen LogP contribution in [0, 0.1) is 0 Å². The van der Waals surface area contributed by atoms with Gasteiger partial charge in [0.15, 0.2) is 17.3 Å². The Morgan fingerprint density at radius 3 is 2.63 bits per heavy atom. The largest absolute Gasteiger partial charge is 0.490 e. The molecule has 7 nitrogen and oxygen atoms in total. The molecular formula is C21H16ClN3O4S. The van der Waals surface area contributed by atoms with Crippen LogP contribution in [0.4, 0.5) is 0 Å². The Balaban J connectivity index is 1.72. The predicted molar refractivity (Wildman–Crippen MR) is 115 cm³/mol. The van der Waals surface area contributed by atoms with E-state index in [1.54, 1.807) is 48.5 Å². The van der Waals surface area contributed by atoms with Gasteiger partial charge in [-0.1, -0.05) is 29.0 Å². The van der Waals surface area contributed by atoms with E-state index in [1.807, 2.05) is 6.92 Å². The van der Waals surface area contributed by atoms with Gasteiger partial charge in [-0.25, -0.2) is 0 Å². The van der Waals surface area contributed by atoms with E-state index < -0.39 is 5.97 Å². The Hall–Kier alpha value is -3.23. The van der Waals surface area contributed by atoms with E-state index in [0.29, 0.717) is 38.4 Å². The number of ether oxygens (including phenoxy) is 2. The first-order valence-electron chi connectivity index (χ1n) is 9.07. The highest BCUT2D eigenvalue weighted by molar-refractivity contribution is 7.15. The van der Waals surface area contributed by atoms with Crippen LogP contribution in [0.15, 0.2) is 47.3 Å². The standard InChI is InChI=1S/C21H16ClN3O4S/c1-3-28-17-10-13(4-9-16(17)29-12(2)26)11-18-20(27)25-21(30-18)23-19(24-25)14-5-7-15(22)8-6-14/h4-11H,3H2,1-2H3/b18-11+. The molecule has 0 atom stereocenters. The second-order valence-corrected chi connectivity index (χ2v) is 7.73. The first-order chi connectivity index (χ1) is 14.4. The van der Waals surface area contributed by atoms with E-state index in [9.17, 15) is 9.59 Å². The number of nitrogens with zero attached hydrogens (tertiary/aromatic N) is 3. The number of carbonyl (C=O) groups is 1. The van der Waals surface area contributed by atoms with Gasteiger partial charge in [0.25, 0.3) is 5.56 Å². The molecule has 0 amide bonds. The number of hydrogen-bond donors (Lipinski definition) is 0. The summed E-state index contributed by atoms with van der Waals surface area (Å²) >= 11 is 7.15. The van der Waals surface area contributed by atoms with E-state index in [4.69, 9.17) is 21.1 Å². The van der Waals surface area contributed by atoms with Crippen LogP contribution >= 0.6 is 22.9 Å². The third-order valence-corrected chi connectivity index (χ3v) is 5.31. The van der Waals surface area contributed by atoms with Gasteiger partial charge >= 0.3 is 5.97 Å². The SMILES string of the molecule is CCOc1cc(/C=c2/sc3nc(-c4ccc(Cl)cc4)nn3c2=O)ccc1OC(C)=O. The number of carbonyl (C=O) groups excluding carboxylic acids is 1. The lowest BCUT2D eigenvalue weighted by atomic mass is 10.2. The van der Waals surface area contributed by atoms with Crippen molar-refractivity contribution in [2.24, 2.45) is 0 Å². The molecule has 2 aromatic heterocycles. The molecule has 2 aromatic carbocycles. The number of halogens is 1. The summed E-state index contributed by atoms with van der Waals surface area (Å²) in [6.07, 6.45) is 1.73. The maximum Gasteiger partial charge on any atom is 0.308 e. The van der Waals surface area contributed by atoms with Gasteiger partial charge in [-0.3, -0.25) is 9.59 Å². The van der Waals surface area contributed by atoms with Crippen molar-refractivity contribution in [2.45, 2.75) is 13.8 Å². The Morgan fingerprint density at radius 1 is 1.20 bits per heavy atom. The topological polar surface area (TPSA) is 82.8 Å². The monoisotopic (exact) mass is 441 g/mol. The molecule has 0 N–H and O–H groups in total. The second kappa shape index (κ2) is 8.25. The van der Waals surface area contributed by atoms with Gasteiger partial charge in [-0.2, -0.15) is 9.50 Å². The first-order valence-corrected chi connectivity index (χ1v) is 10.3. The Bertz CT molecular complexity index is 1350. The molecule has 4 aromatic rings. The minimum Gasteiger partial charge on any atom is -0.490 e. The highest BCUT2D eigenvalue weighted by atomic mass is 35.5. The maximum absolute atomic E-state index is 12.8. The second-order valence-electron chi connectivity index (χ2n) is 6.29. The van der Waals surface area contributed by atoms with Gasteiger partial charge in [0.1, 0.15) is 0 Å². The number of fused-ring (bicyclic) bond motifs is 1. The Labute approximate surface area is 180 Å². The van der Waals surface area contributed by atoms with Crippen molar-refractivity contribution >= 4 is 39.9 Å². The van der Waals surface area contributed by atoms with Crippen molar-refractivity contribution in [3.05, 3.63) is 67.9 Å². The van der Waals surface area contributed by atoms with Crippen LogP contribution in [0.1, 0.15) is 19.4 Å². The normalized spacial score (nSPS) is 11.8. The quantitative estimate of drug-likeness (QED) is 0.349. The highest BCUT2D eigenvalue weighted by Gasteiger charge is 2.13. The summed E-state index contributed by atoms with van der Waals surface area (Å²) in [6.45, 7) is 3.57. The fourth-order valence-electron chi connectivity index (χ4n) is 2.83. The molecule has 0 aliphatic carbocycles. The van der Waals surface area contributed by atoms with E-state index in [2.05, 4.69) is 10.1 Å². The van der Waals surface area contributed by atoms with E-state index in [-0.39, 0.29) is 5.56 Å². The molecule has 152 valence electrons. The number of rotatable bonds is 5. The van der Waals surface area contributed by atoms with Crippen LogP contribution in [-0.4, -0.2) is 27.2 Å². The van der Waals surface area contributed by atoms with Gasteiger partial charge < -0.3 is 9.47 Å². The van der Waals surface area contributed by atoms with Crippen LogP contribution in [0.3, 0.4) is 0 Å². The minimum atomic E-state index is -0.434. The fraction of sp³-hybridized carbons (Fsp3) is 0.143. The lowest BCUT2D eigenvalue weighted by Crippen LogP contribution is -2.23. The highest BCUT2D eigenvalue weighted by Crippen LogP contribution is 2.29. The van der Waals surface area contributed by atoms with E-state index >= 15 is 0 Å². The molecule has 0 aliphatic rings. The first kappa shape index (κ1) is 20.1. The predicted octanol–water partition coefficient (Wildman–Crippen LogP) is 3.34. The van der Waals surface area contributed by atoms with Crippen molar-refractivity contribution in [3.63, 3.8) is 0 Å². The molecule has 4 rings (SSSR count). The number of aromatic nitrogens is 3. The van der Waals surface area contributed by atoms with Gasteiger partial charge in [0, 0.05) is 17.5 Å². The maximum atomic E-state index is 12.8. The molecule has 0 fully saturated rings. The zero-order chi connectivity index (χ0) is 21.3. The molecule has 0 bridgehead atoms. The number of benzene rings is 2. The molecule has 30 heavy (non-hydrogen) atoms. The van der Waals surface area contributed by atoms with Gasteiger partial charge in [0.2, 0.25) is 4.96 Å². The zero-order valence-corrected chi connectivity index (χ0v) is 17.7. The van der Waals surface area contributed by atoms with Crippen molar-refractivity contribution < 1.29 is 14.3 Å². The summed E-state index contributed by atoms with van der Waals surface area (Å²) < 4.78 is 12.5. The number of hydrogen-bond acceptors (Lipinski definition) is 7. The van der Waals surface area contributed by atoms with Gasteiger partial charge in [-0.05, 0) is 55.0 Å². The molecular weight excluding hydrogens is 426 g/mol. The number of esters is 1. The lowest BCUT2D eigenvalue weighted by Gasteiger charge is -2.10. The van der Waals surface area contributed by atoms with Crippen LogP contribution < -0.4 is 19.6 Å². The van der Waals surface area contributed by atoms with Crippen LogP contribution in [-0.2, 0) is 4.79 Å². The minimum absolute atomic E-state index is 0.260. The smallest absolute Gasteiger partial charge is 0.308 e. The molecule has 9 heteroatoms. The molecule has 0 aliphatic heterocycles. The fourth-order valence-corrected chi connectivity index (χ4v) is 3.86. The summed E-state index contributed by atoms with van der Waals surface area (Å²) in [6, 6.07) is 12.2. The molecule has 0 radical (unpaired) electrons. The van der Waals surface area contributed by atoms with Gasteiger partial charge in [0.05, 0.1) is 11.1 Å². The molecule has 0 unspecified atom stereocenters. The number of thiazole rings is 1. The third-order valence-electron chi connectivity index (χ3n) is 4.10. The summed E-state index contributed by atoms with van der Waals surface area (Å²) in [5, 5.41) is 4.94. The van der Waals surface area contributed by atoms with Crippen molar-refractivity contribution in [1.29, 1.82) is 0 Å². The summed E-state index contributed by atoms with van der Waals surface area (Å²) in [4.78, 5) is 29.0. The van der Waals surface area contributed by atoms with E-state index in [0.717, 1.165) is 11.1 Å². The zero-order valence-electron chi connectivity index (χ0n) is 16.1. The molecule has 0 saturated heterocycles. The summed E-state index contributed by atoms with van der Waals surface area (Å²) in [7, 11) is 0. The van der Waals surface area contributed by atoms with Crippen LogP contribution in [0.2, 0.25) is 5.02 Å². The summed E-state index contributed by atoms with van der Waals surface area (Å²) in [5.41, 5.74) is 1.25. The average Bonchev–Trinajstić information content (AvgIpc) is 3.24. The Kier molecular flexibility index (Phi) is 5.52. The van der Waals surface area contributed by atoms with Gasteiger partial charge in [-0.15, -0.1) is 5.10 Å². The van der Waals surface area contributed by atoms with Crippen molar-refractivity contribution in [3.8, 4) is 22.9 Å². The molecule has 0 spiro atoms. The van der Waals surface area contributed by atoms with Crippen molar-refractivity contribution in [1.82, 2.24) is 14.6 Å². The third kappa shape index (κ3) is 4.05. The van der Waals surface area contributed by atoms with Crippen LogP contribution in [0.25, 0.3) is 22.4 Å². The summed E-state index contributed by atoms with van der Waals surface area (Å²) in [5.74, 6) is 0.792. The Morgan fingerprint density at radius 2 is 1.97 bits per heavy atom. The van der Waals surface area contributed by atoms with Crippen LogP contribution in [0.5, 0.6) is 11.5 Å². The molecule has 2 heterocycles. The lowest BCUT2D eigenvalue weighted by molar-refractivity contribution is -0.132. The van der Waals surface area contributed by atoms with Crippen molar-refractivity contribution in [2.75, 3.05) is 6.61 Å².